The van der Waals surface area contributed by atoms with E-state index in [2.05, 4.69) is 5.32 Å². The number of thioether (sulfide) groups is 1. The van der Waals surface area contributed by atoms with Crippen molar-refractivity contribution in [1.82, 2.24) is 10.2 Å². The Kier molecular flexibility index (Phi) is 5.79. The first-order valence-corrected chi connectivity index (χ1v) is 8.55. The van der Waals surface area contributed by atoms with Gasteiger partial charge in [-0.05, 0) is 50.7 Å². The summed E-state index contributed by atoms with van der Waals surface area (Å²) in [5.41, 5.74) is 0.400. The predicted octanol–water partition coefficient (Wildman–Crippen LogP) is 2.39. The zero-order valence-corrected chi connectivity index (χ0v) is 13.7. The highest BCUT2D eigenvalue weighted by Gasteiger charge is 2.25. The van der Waals surface area contributed by atoms with Crippen LogP contribution < -0.4 is 5.32 Å². The molecular formula is C15H21N3O3S. The largest absolute Gasteiger partial charge is 0.338 e. The Morgan fingerprint density at radius 2 is 2.32 bits per heavy atom. The molecule has 1 aliphatic heterocycles. The van der Waals surface area contributed by atoms with Gasteiger partial charge >= 0.3 is 0 Å². The lowest BCUT2D eigenvalue weighted by Crippen LogP contribution is -2.42. The van der Waals surface area contributed by atoms with Crippen LogP contribution in [0.1, 0.15) is 23.2 Å². The van der Waals surface area contributed by atoms with Crippen molar-refractivity contribution in [3.63, 3.8) is 0 Å². The number of rotatable bonds is 5. The molecule has 1 heterocycles. The maximum Gasteiger partial charge on any atom is 0.283 e. The van der Waals surface area contributed by atoms with Crippen molar-refractivity contribution < 1.29 is 9.72 Å². The molecule has 1 aliphatic rings. The smallest absolute Gasteiger partial charge is 0.283 e. The minimum Gasteiger partial charge on any atom is -0.338 e. The predicted molar refractivity (Wildman–Crippen MR) is 87.4 cm³/mol. The molecular weight excluding hydrogens is 302 g/mol. The lowest BCUT2D eigenvalue weighted by molar-refractivity contribution is -0.387. The second kappa shape index (κ2) is 7.60. The Labute approximate surface area is 134 Å². The lowest BCUT2D eigenvalue weighted by atomic mass is 9.97. The monoisotopic (exact) mass is 323 g/mol. The van der Waals surface area contributed by atoms with Gasteiger partial charge in [-0.15, -0.1) is 11.8 Å². The summed E-state index contributed by atoms with van der Waals surface area (Å²) in [6.45, 7) is 2.31. The molecule has 1 N–H and O–H groups in total. The lowest BCUT2D eigenvalue weighted by Gasteiger charge is -2.32. The van der Waals surface area contributed by atoms with Crippen LogP contribution in [0.15, 0.2) is 23.1 Å². The summed E-state index contributed by atoms with van der Waals surface area (Å²) in [6.07, 6.45) is 3.87. The molecule has 22 heavy (non-hydrogen) atoms. The number of nitrogens with zero attached hydrogens (tertiary/aromatic N) is 2. The number of nitro benzene ring substituents is 1. The Balaban J connectivity index is 2.18. The number of carbonyl (C=O) groups is 1. The zero-order chi connectivity index (χ0) is 16.1. The van der Waals surface area contributed by atoms with Crippen LogP contribution in [0.5, 0.6) is 0 Å². The maximum atomic E-state index is 12.6. The summed E-state index contributed by atoms with van der Waals surface area (Å²) in [4.78, 5) is 25.7. The molecule has 1 saturated heterocycles. The molecule has 7 heteroatoms. The van der Waals surface area contributed by atoms with E-state index in [0.29, 0.717) is 22.9 Å². The van der Waals surface area contributed by atoms with Crippen LogP contribution in [0.2, 0.25) is 0 Å². The Morgan fingerprint density at radius 1 is 1.55 bits per heavy atom. The van der Waals surface area contributed by atoms with Crippen LogP contribution in [-0.4, -0.2) is 48.7 Å². The third kappa shape index (κ3) is 3.78. The second-order valence-electron chi connectivity index (χ2n) is 5.46. The quantitative estimate of drug-likeness (QED) is 0.511. The summed E-state index contributed by atoms with van der Waals surface area (Å²) < 4.78 is 0. The fourth-order valence-electron chi connectivity index (χ4n) is 2.85. The van der Waals surface area contributed by atoms with E-state index in [1.165, 1.54) is 17.8 Å². The molecule has 1 amide bonds. The van der Waals surface area contributed by atoms with Crippen molar-refractivity contribution in [3.05, 3.63) is 33.9 Å². The molecule has 0 aromatic heterocycles. The standard InChI is InChI=1S/C15H21N3O3S/c1-16-9-11-4-3-7-17(10-11)15(19)12-5-6-14(22-2)13(8-12)18(20)21/h5-6,8,11,16H,3-4,7,9-10H2,1-2H3. The van der Waals surface area contributed by atoms with Gasteiger partial charge in [-0.2, -0.15) is 0 Å². The number of hydrogen-bond acceptors (Lipinski definition) is 5. The number of hydrogen-bond donors (Lipinski definition) is 1. The highest BCUT2D eigenvalue weighted by Crippen LogP contribution is 2.29. The minimum absolute atomic E-state index is 0.00198. The molecule has 1 aromatic carbocycles. The first-order chi connectivity index (χ1) is 10.6. The number of amides is 1. The summed E-state index contributed by atoms with van der Waals surface area (Å²) >= 11 is 1.31. The summed E-state index contributed by atoms with van der Waals surface area (Å²) in [6, 6.07) is 4.74. The van der Waals surface area contributed by atoms with E-state index < -0.39 is 4.92 Å². The zero-order valence-electron chi connectivity index (χ0n) is 12.9. The van der Waals surface area contributed by atoms with E-state index in [1.54, 1.807) is 18.4 Å². The summed E-state index contributed by atoms with van der Waals surface area (Å²) in [7, 11) is 1.91. The van der Waals surface area contributed by atoms with Crippen LogP contribution in [0.4, 0.5) is 5.69 Å². The van der Waals surface area contributed by atoms with E-state index in [1.807, 2.05) is 11.9 Å². The molecule has 6 nitrogen and oxygen atoms in total. The Hall–Kier alpha value is -1.60. The molecule has 0 aliphatic carbocycles. The van der Waals surface area contributed by atoms with Gasteiger partial charge in [0.25, 0.3) is 11.6 Å². The van der Waals surface area contributed by atoms with Crippen LogP contribution in [0, 0.1) is 16.0 Å². The van der Waals surface area contributed by atoms with Gasteiger partial charge in [-0.1, -0.05) is 0 Å². The average Bonchev–Trinajstić information content (AvgIpc) is 2.54. The van der Waals surface area contributed by atoms with E-state index in [4.69, 9.17) is 0 Å². The van der Waals surface area contributed by atoms with Crippen molar-refractivity contribution in [1.29, 1.82) is 0 Å². The number of piperidine rings is 1. The van der Waals surface area contributed by atoms with Gasteiger partial charge in [0.2, 0.25) is 0 Å². The SMILES string of the molecule is CNCC1CCCN(C(=O)c2ccc(SC)c([N+](=O)[O-])c2)C1. The minimum atomic E-state index is -0.428. The molecule has 2 rings (SSSR count). The van der Waals surface area contributed by atoms with Crippen LogP contribution >= 0.6 is 11.8 Å². The first-order valence-electron chi connectivity index (χ1n) is 7.33. The second-order valence-corrected chi connectivity index (χ2v) is 6.31. The number of benzene rings is 1. The normalized spacial score (nSPS) is 18.3. The van der Waals surface area contributed by atoms with Gasteiger partial charge in [-0.25, -0.2) is 0 Å². The fourth-order valence-corrected chi connectivity index (χ4v) is 3.40. The summed E-state index contributed by atoms with van der Waals surface area (Å²) in [5.74, 6) is 0.333. The van der Waals surface area contributed by atoms with E-state index in [0.717, 1.165) is 25.9 Å². The molecule has 0 bridgehead atoms. The van der Waals surface area contributed by atoms with E-state index in [-0.39, 0.29) is 11.6 Å². The van der Waals surface area contributed by atoms with Gasteiger partial charge in [0.1, 0.15) is 0 Å². The topological polar surface area (TPSA) is 75.5 Å². The molecule has 0 radical (unpaired) electrons. The molecule has 1 aromatic rings. The van der Waals surface area contributed by atoms with Crippen LogP contribution in [0.25, 0.3) is 0 Å². The number of likely N-dealkylation sites (tertiary alicyclic amines) is 1. The Bertz CT molecular complexity index is 563. The van der Waals surface area contributed by atoms with E-state index >= 15 is 0 Å². The number of nitrogens with one attached hydrogen (secondary N) is 1. The molecule has 1 fully saturated rings. The summed E-state index contributed by atoms with van der Waals surface area (Å²) in [5, 5.41) is 14.3. The van der Waals surface area contributed by atoms with Crippen molar-refractivity contribution in [3.8, 4) is 0 Å². The van der Waals surface area contributed by atoms with Gasteiger partial charge in [0, 0.05) is 24.7 Å². The highest BCUT2D eigenvalue weighted by molar-refractivity contribution is 7.98. The van der Waals surface area contributed by atoms with Crippen molar-refractivity contribution in [2.45, 2.75) is 17.7 Å². The van der Waals surface area contributed by atoms with Gasteiger partial charge in [0.05, 0.1) is 9.82 Å². The molecule has 1 atom stereocenters. The Morgan fingerprint density at radius 3 is 2.95 bits per heavy atom. The highest BCUT2D eigenvalue weighted by atomic mass is 32.2. The van der Waals surface area contributed by atoms with Gasteiger partial charge in [0.15, 0.2) is 0 Å². The first kappa shape index (κ1) is 16.8. The van der Waals surface area contributed by atoms with Crippen molar-refractivity contribution in [2.75, 3.05) is 32.9 Å². The molecule has 0 spiro atoms. The fraction of sp³-hybridized carbons (Fsp3) is 0.533. The van der Waals surface area contributed by atoms with E-state index in [9.17, 15) is 14.9 Å². The van der Waals surface area contributed by atoms with Crippen LogP contribution in [-0.2, 0) is 0 Å². The third-order valence-corrected chi connectivity index (χ3v) is 4.71. The molecule has 120 valence electrons. The number of carbonyl (C=O) groups excluding carboxylic acids is 1. The van der Waals surface area contributed by atoms with Crippen LogP contribution in [0.3, 0.4) is 0 Å². The average molecular weight is 323 g/mol. The maximum absolute atomic E-state index is 12.6. The van der Waals surface area contributed by atoms with Gasteiger partial charge < -0.3 is 10.2 Å². The molecule has 1 unspecified atom stereocenters. The van der Waals surface area contributed by atoms with Crippen molar-refractivity contribution in [2.24, 2.45) is 5.92 Å². The molecule has 0 saturated carbocycles. The number of nitro groups is 1. The van der Waals surface area contributed by atoms with Gasteiger partial charge in [-0.3, -0.25) is 14.9 Å². The third-order valence-electron chi connectivity index (χ3n) is 3.92. The van der Waals surface area contributed by atoms with Crippen molar-refractivity contribution >= 4 is 23.4 Å².